The molecule has 0 bridgehead atoms. The first kappa shape index (κ1) is 14.8. The monoisotopic (exact) mass is 268 g/mol. The molecule has 0 radical (unpaired) electrons. The molecule has 5 nitrogen and oxygen atoms in total. The second kappa shape index (κ2) is 7.22. The molecule has 0 saturated carbocycles. The van der Waals surface area contributed by atoms with Gasteiger partial charge in [0.1, 0.15) is 0 Å². The van der Waals surface area contributed by atoms with Gasteiger partial charge in [-0.3, -0.25) is 9.69 Å². The lowest BCUT2D eigenvalue weighted by molar-refractivity contribution is -0.126. The Balaban J connectivity index is 1.68. The van der Waals surface area contributed by atoms with E-state index >= 15 is 0 Å². The van der Waals surface area contributed by atoms with E-state index in [0.717, 1.165) is 58.7 Å². The highest BCUT2D eigenvalue weighted by atomic mass is 16.2. The lowest BCUT2D eigenvalue weighted by Gasteiger charge is -2.34. The van der Waals surface area contributed by atoms with Crippen LogP contribution in [0.1, 0.15) is 19.8 Å². The Kier molecular flexibility index (Phi) is 5.60. The maximum atomic E-state index is 12.1. The minimum Gasteiger partial charge on any atom is -0.352 e. The van der Waals surface area contributed by atoms with Gasteiger partial charge in [0.2, 0.25) is 5.91 Å². The Bertz CT molecular complexity index is 283. The van der Waals surface area contributed by atoms with Crippen LogP contribution in [-0.4, -0.2) is 74.6 Å². The van der Waals surface area contributed by atoms with Crippen molar-refractivity contribution in [3.63, 3.8) is 0 Å². The number of rotatable bonds is 4. The number of hydrogen-bond acceptors (Lipinski definition) is 4. The summed E-state index contributed by atoms with van der Waals surface area (Å²) >= 11 is 0. The molecule has 19 heavy (non-hydrogen) atoms. The summed E-state index contributed by atoms with van der Waals surface area (Å²) in [7, 11) is 2.17. The maximum Gasteiger partial charge on any atom is 0.224 e. The number of nitrogens with one attached hydrogen (secondary N) is 2. The van der Waals surface area contributed by atoms with Gasteiger partial charge in [0, 0.05) is 45.3 Å². The average molecular weight is 268 g/mol. The Morgan fingerprint density at radius 3 is 2.74 bits per heavy atom. The van der Waals surface area contributed by atoms with Crippen molar-refractivity contribution in [3.05, 3.63) is 0 Å². The third kappa shape index (κ3) is 4.75. The van der Waals surface area contributed by atoms with E-state index in [-0.39, 0.29) is 17.9 Å². The van der Waals surface area contributed by atoms with Crippen molar-refractivity contribution in [1.82, 2.24) is 20.4 Å². The summed E-state index contributed by atoms with van der Waals surface area (Å²) in [6.07, 6.45) is 2.14. The first-order valence-electron chi connectivity index (χ1n) is 7.57. The van der Waals surface area contributed by atoms with Crippen molar-refractivity contribution >= 4 is 5.91 Å². The van der Waals surface area contributed by atoms with Crippen LogP contribution in [-0.2, 0) is 4.79 Å². The second-order valence-corrected chi connectivity index (χ2v) is 6.06. The van der Waals surface area contributed by atoms with Gasteiger partial charge >= 0.3 is 0 Å². The number of hydrogen-bond donors (Lipinski definition) is 2. The molecule has 2 atom stereocenters. The zero-order chi connectivity index (χ0) is 13.7. The molecule has 0 aromatic heterocycles. The normalized spacial score (nSPS) is 28.0. The molecule has 2 N–H and O–H groups in total. The molecule has 5 heteroatoms. The highest BCUT2D eigenvalue weighted by Crippen LogP contribution is 2.10. The van der Waals surface area contributed by atoms with Gasteiger partial charge in [-0.05, 0) is 33.4 Å². The molecule has 0 aromatic rings. The third-order valence-corrected chi connectivity index (χ3v) is 4.18. The molecule has 0 spiro atoms. The van der Waals surface area contributed by atoms with Crippen LogP contribution in [0.15, 0.2) is 0 Å². The number of likely N-dealkylation sites (N-methyl/N-ethyl adjacent to an activating group) is 1. The van der Waals surface area contributed by atoms with E-state index < -0.39 is 0 Å². The van der Waals surface area contributed by atoms with Crippen molar-refractivity contribution in [2.75, 3.05) is 52.9 Å². The molecule has 2 saturated heterocycles. The summed E-state index contributed by atoms with van der Waals surface area (Å²) in [4.78, 5) is 16.9. The Morgan fingerprint density at radius 2 is 2.11 bits per heavy atom. The Hall–Kier alpha value is -0.650. The molecular weight excluding hydrogens is 240 g/mol. The molecule has 0 aromatic carbocycles. The SMILES string of the molecule is CC(CN1CCN(C)CC1)NC(=O)C1CCCNC1. The lowest BCUT2D eigenvalue weighted by Crippen LogP contribution is -2.51. The third-order valence-electron chi connectivity index (χ3n) is 4.18. The number of nitrogens with zero attached hydrogens (tertiary/aromatic N) is 2. The van der Waals surface area contributed by atoms with Gasteiger partial charge in [0.05, 0.1) is 5.92 Å². The summed E-state index contributed by atoms with van der Waals surface area (Å²) < 4.78 is 0. The van der Waals surface area contributed by atoms with E-state index in [4.69, 9.17) is 0 Å². The van der Waals surface area contributed by atoms with E-state index in [1.54, 1.807) is 0 Å². The molecule has 2 heterocycles. The van der Waals surface area contributed by atoms with Crippen LogP contribution in [0.2, 0.25) is 0 Å². The first-order chi connectivity index (χ1) is 9.15. The molecule has 2 aliphatic heterocycles. The van der Waals surface area contributed by atoms with Crippen LogP contribution in [0.5, 0.6) is 0 Å². The number of amides is 1. The lowest BCUT2D eigenvalue weighted by atomic mass is 9.98. The van der Waals surface area contributed by atoms with Crippen molar-refractivity contribution in [2.24, 2.45) is 5.92 Å². The fourth-order valence-electron chi connectivity index (χ4n) is 2.90. The van der Waals surface area contributed by atoms with Crippen molar-refractivity contribution in [2.45, 2.75) is 25.8 Å². The van der Waals surface area contributed by atoms with Crippen LogP contribution in [0.4, 0.5) is 0 Å². The smallest absolute Gasteiger partial charge is 0.224 e. The minimum atomic E-state index is 0.170. The van der Waals surface area contributed by atoms with Crippen LogP contribution in [0, 0.1) is 5.92 Å². The van der Waals surface area contributed by atoms with E-state index in [0.29, 0.717) is 0 Å². The minimum absolute atomic E-state index is 0.170. The van der Waals surface area contributed by atoms with Gasteiger partial charge in [-0.1, -0.05) is 0 Å². The van der Waals surface area contributed by atoms with Crippen molar-refractivity contribution in [3.8, 4) is 0 Å². The van der Waals surface area contributed by atoms with Crippen LogP contribution in [0.25, 0.3) is 0 Å². The summed E-state index contributed by atoms with van der Waals surface area (Å²) in [6.45, 7) is 9.48. The van der Waals surface area contributed by atoms with E-state index in [1.807, 2.05) is 0 Å². The largest absolute Gasteiger partial charge is 0.352 e. The number of piperidine rings is 1. The molecule has 2 rings (SSSR count). The summed E-state index contributed by atoms with van der Waals surface area (Å²) in [6, 6.07) is 0.248. The fourth-order valence-corrected chi connectivity index (χ4v) is 2.90. The predicted octanol–water partition coefficient (Wildman–Crippen LogP) is -0.262. The zero-order valence-electron chi connectivity index (χ0n) is 12.3. The molecule has 0 aliphatic carbocycles. The summed E-state index contributed by atoms with van der Waals surface area (Å²) in [5, 5.41) is 6.47. The molecule has 2 aliphatic rings. The van der Waals surface area contributed by atoms with E-state index in [1.165, 1.54) is 0 Å². The molecule has 1 amide bonds. The quantitative estimate of drug-likeness (QED) is 0.737. The van der Waals surface area contributed by atoms with Gasteiger partial charge < -0.3 is 15.5 Å². The van der Waals surface area contributed by atoms with Gasteiger partial charge in [-0.2, -0.15) is 0 Å². The summed E-state index contributed by atoms with van der Waals surface area (Å²) in [5.41, 5.74) is 0. The van der Waals surface area contributed by atoms with Gasteiger partial charge in [-0.25, -0.2) is 0 Å². The zero-order valence-corrected chi connectivity index (χ0v) is 12.3. The van der Waals surface area contributed by atoms with Gasteiger partial charge in [-0.15, -0.1) is 0 Å². The average Bonchev–Trinajstić information content (AvgIpc) is 2.42. The van der Waals surface area contributed by atoms with Gasteiger partial charge in [0.15, 0.2) is 0 Å². The first-order valence-corrected chi connectivity index (χ1v) is 7.57. The number of carbonyl (C=O) groups is 1. The van der Waals surface area contributed by atoms with E-state index in [2.05, 4.69) is 34.4 Å². The number of piperazine rings is 1. The van der Waals surface area contributed by atoms with Crippen LogP contribution in [0.3, 0.4) is 0 Å². The standard InChI is InChI=1S/C14H28N4O/c1-12(11-18-8-6-17(2)7-9-18)16-14(19)13-4-3-5-15-10-13/h12-13,15H,3-11H2,1-2H3,(H,16,19). The van der Waals surface area contributed by atoms with Crippen LogP contribution >= 0.6 is 0 Å². The molecule has 2 fully saturated rings. The Morgan fingerprint density at radius 1 is 1.37 bits per heavy atom. The van der Waals surface area contributed by atoms with Gasteiger partial charge in [0.25, 0.3) is 0 Å². The maximum absolute atomic E-state index is 12.1. The summed E-state index contributed by atoms with van der Waals surface area (Å²) in [5.74, 6) is 0.400. The molecule has 2 unspecified atom stereocenters. The Labute approximate surface area is 116 Å². The highest BCUT2D eigenvalue weighted by Gasteiger charge is 2.23. The highest BCUT2D eigenvalue weighted by molar-refractivity contribution is 5.79. The predicted molar refractivity (Wildman–Crippen MR) is 77.1 cm³/mol. The second-order valence-electron chi connectivity index (χ2n) is 6.06. The fraction of sp³-hybridized carbons (Fsp3) is 0.929. The molecular formula is C14H28N4O. The van der Waals surface area contributed by atoms with Crippen molar-refractivity contribution < 1.29 is 4.79 Å². The van der Waals surface area contributed by atoms with E-state index in [9.17, 15) is 4.79 Å². The van der Waals surface area contributed by atoms with Crippen molar-refractivity contribution in [1.29, 1.82) is 0 Å². The van der Waals surface area contributed by atoms with Crippen LogP contribution < -0.4 is 10.6 Å². The number of carbonyl (C=O) groups excluding carboxylic acids is 1. The topological polar surface area (TPSA) is 47.6 Å². The molecule has 110 valence electrons.